The van der Waals surface area contributed by atoms with Crippen LogP contribution in [0.25, 0.3) is 0 Å². The van der Waals surface area contributed by atoms with E-state index in [4.69, 9.17) is 32.8 Å². The van der Waals surface area contributed by atoms with Crippen molar-refractivity contribution in [2.45, 2.75) is 102 Å². The molecule has 78 heavy (non-hydrogen) atoms. The smallest absolute Gasteiger partial charge is 0.330 e. The maximum atomic E-state index is 13.5. The summed E-state index contributed by atoms with van der Waals surface area (Å²) in [4.78, 5) is 56.9. The van der Waals surface area contributed by atoms with E-state index in [1.807, 2.05) is 115 Å². The molecule has 19 heteroatoms. The van der Waals surface area contributed by atoms with Gasteiger partial charge in [-0.2, -0.15) is 0 Å². The van der Waals surface area contributed by atoms with Crippen LogP contribution < -0.4 is 42.3 Å². The zero-order valence-electron chi connectivity index (χ0n) is 44.5. The maximum Gasteiger partial charge on any atom is 0.330 e. The molecule has 5 heterocycles. The summed E-state index contributed by atoms with van der Waals surface area (Å²) in [5, 5.41) is 10.9. The number of aromatic nitrogens is 7. The number of hydrogen-bond acceptors (Lipinski definition) is 13. The third-order valence-corrected chi connectivity index (χ3v) is 19.9. The van der Waals surface area contributed by atoms with E-state index in [1.165, 1.54) is 21.5 Å². The summed E-state index contributed by atoms with van der Waals surface area (Å²) in [5.41, 5.74) is 0.156. The molecule has 8 aromatic rings. The van der Waals surface area contributed by atoms with Crippen molar-refractivity contribution in [3.63, 3.8) is 0 Å². The van der Waals surface area contributed by atoms with Crippen molar-refractivity contribution in [3.8, 4) is 11.5 Å². The average Bonchev–Trinajstić information content (AvgIpc) is 4.35. The first kappa shape index (κ1) is 53.6. The molecule has 3 aromatic heterocycles. The molecule has 0 spiro atoms. The van der Waals surface area contributed by atoms with Crippen LogP contribution in [0.15, 0.2) is 177 Å². The number of aromatic amines is 2. The van der Waals surface area contributed by atoms with Crippen molar-refractivity contribution in [1.29, 1.82) is 0 Å². The Hall–Kier alpha value is -7.78. The standard InChI is InChI=1S/C59H63N7O11Si/c1-38-33-65(56(69)60-54(38)67)51-31-48(50(75-51)36-74-59(40-17-11-8-12-18-40,41-23-27-43(71-6)28-24-41)42-25-29-44(72-7)30-26-42)73-37-64-35-47(62-63-64)53-49(32-52(76-53)66-34-39(2)55(68)61-57(66)70)77-78(58(3,4)5,45-19-13-9-14-20-45)46-21-15-10-16-22-46/h8-30,33-35,48-53H,31-32,36-37H2,1-7H3,(H,60,67,69)(H,61,68,70)/t48-,49-,50+,51+,52+,53+/m0/s1. The van der Waals surface area contributed by atoms with Gasteiger partial charge in [-0.05, 0) is 70.2 Å². The lowest BCUT2D eigenvalue weighted by molar-refractivity contribution is -0.113. The highest BCUT2D eigenvalue weighted by Crippen LogP contribution is 2.46. The van der Waals surface area contributed by atoms with Crippen LogP contribution in [0.1, 0.15) is 85.7 Å². The largest absolute Gasteiger partial charge is 0.497 e. The van der Waals surface area contributed by atoms with Crippen LogP contribution in [0.2, 0.25) is 5.04 Å². The zero-order chi connectivity index (χ0) is 54.8. The third kappa shape index (κ3) is 10.4. The molecule has 2 aliphatic rings. The van der Waals surface area contributed by atoms with Crippen LogP contribution in [-0.4, -0.2) is 81.6 Å². The van der Waals surface area contributed by atoms with Crippen LogP contribution in [0.4, 0.5) is 0 Å². The fraction of sp³-hybridized carbons (Fsp3) is 0.322. The molecule has 0 amide bonds. The van der Waals surface area contributed by atoms with Gasteiger partial charge in [0.2, 0.25) is 0 Å². The number of H-pyrrole nitrogens is 2. The van der Waals surface area contributed by atoms with Crippen molar-refractivity contribution in [2.24, 2.45) is 0 Å². The molecular weight excluding hydrogens is 1010 g/mol. The van der Waals surface area contributed by atoms with E-state index in [9.17, 15) is 19.2 Å². The van der Waals surface area contributed by atoms with Gasteiger partial charge in [-0.15, -0.1) is 5.10 Å². The lowest BCUT2D eigenvalue weighted by Crippen LogP contribution is -2.67. The van der Waals surface area contributed by atoms with Crippen LogP contribution in [-0.2, 0) is 35.7 Å². The number of hydrogen-bond donors (Lipinski definition) is 2. The van der Waals surface area contributed by atoms with Gasteiger partial charge in [0.05, 0.1) is 39.2 Å². The maximum absolute atomic E-state index is 13.5. The van der Waals surface area contributed by atoms with Gasteiger partial charge < -0.3 is 32.8 Å². The van der Waals surface area contributed by atoms with Crippen molar-refractivity contribution in [1.82, 2.24) is 34.1 Å². The number of nitrogens with zero attached hydrogens (tertiary/aromatic N) is 5. The van der Waals surface area contributed by atoms with E-state index in [0.717, 1.165) is 27.1 Å². The average molecular weight is 1070 g/mol. The summed E-state index contributed by atoms with van der Waals surface area (Å²) >= 11 is 0. The van der Waals surface area contributed by atoms with Crippen molar-refractivity contribution in [3.05, 3.63) is 233 Å². The van der Waals surface area contributed by atoms with Crippen LogP contribution in [0, 0.1) is 13.8 Å². The van der Waals surface area contributed by atoms with Gasteiger partial charge in [0.25, 0.3) is 19.4 Å². The Balaban J connectivity index is 0.993. The predicted molar refractivity (Wildman–Crippen MR) is 294 cm³/mol. The predicted octanol–water partition coefficient (Wildman–Crippen LogP) is 6.56. The van der Waals surface area contributed by atoms with E-state index < -0.39 is 78.3 Å². The summed E-state index contributed by atoms with van der Waals surface area (Å²) in [6, 6.07) is 45.8. The molecule has 2 N–H and O–H groups in total. The summed E-state index contributed by atoms with van der Waals surface area (Å²) in [6.45, 7) is 9.69. The topological polar surface area (TPSA) is 205 Å². The Bertz CT molecular complexity index is 3490. The second-order valence-electron chi connectivity index (χ2n) is 20.7. The van der Waals surface area contributed by atoms with Crippen LogP contribution >= 0.6 is 0 Å². The van der Waals surface area contributed by atoms with E-state index >= 15 is 0 Å². The minimum atomic E-state index is -3.21. The van der Waals surface area contributed by atoms with Gasteiger partial charge in [0, 0.05) is 36.4 Å². The molecule has 5 aromatic carbocycles. The number of ether oxygens (including phenoxy) is 6. The molecule has 0 saturated carbocycles. The minimum absolute atomic E-state index is 0.0318. The summed E-state index contributed by atoms with van der Waals surface area (Å²) in [6.07, 6.45) is 0.515. The first-order valence-corrected chi connectivity index (χ1v) is 27.8. The Labute approximate surface area is 451 Å². The number of benzene rings is 5. The molecule has 2 saturated heterocycles. The van der Waals surface area contributed by atoms with Gasteiger partial charge in [0.15, 0.2) is 0 Å². The van der Waals surface area contributed by atoms with E-state index in [1.54, 1.807) is 38.9 Å². The Morgan fingerprint density at radius 2 is 1.09 bits per heavy atom. The molecule has 0 unspecified atom stereocenters. The fourth-order valence-corrected chi connectivity index (χ4v) is 15.5. The Kier molecular flexibility index (Phi) is 15.3. The highest BCUT2D eigenvalue weighted by atomic mass is 28.4. The Morgan fingerprint density at radius 3 is 1.59 bits per heavy atom. The number of nitrogens with one attached hydrogen (secondary N) is 2. The number of methoxy groups -OCH3 is 2. The van der Waals surface area contributed by atoms with Gasteiger partial charge in [0.1, 0.15) is 54.2 Å². The second kappa shape index (κ2) is 22.3. The molecule has 6 atom stereocenters. The van der Waals surface area contributed by atoms with Crippen molar-refractivity contribution >= 4 is 18.7 Å². The fourth-order valence-electron chi connectivity index (χ4n) is 10.9. The van der Waals surface area contributed by atoms with Gasteiger partial charge in [-0.25, -0.2) is 14.3 Å². The minimum Gasteiger partial charge on any atom is -0.497 e. The molecule has 0 aliphatic carbocycles. The highest BCUT2D eigenvalue weighted by molar-refractivity contribution is 6.99. The van der Waals surface area contributed by atoms with E-state index in [0.29, 0.717) is 28.3 Å². The monoisotopic (exact) mass is 1070 g/mol. The number of aryl methyl sites for hydroxylation is 2. The first-order chi connectivity index (χ1) is 37.6. The molecular formula is C59H63N7O11Si. The SMILES string of the molecule is COc1ccc(C(OC[C@H]2O[C@@H](n3cc(C)c(=O)[nH]c3=O)C[C@@H]2OCn2cc([C@H]3O[C@@H](n4cc(C)c(=O)[nH]c4=O)C[C@@H]3O[Si](c3ccccc3)(c3ccccc3)C(C)(C)C)nn2)(c2ccccc2)c2ccc(OC)cc2)cc1. The second-order valence-corrected chi connectivity index (χ2v) is 25.0. The summed E-state index contributed by atoms with van der Waals surface area (Å²) in [7, 11) is 0.0173. The van der Waals surface area contributed by atoms with Gasteiger partial charge in [-0.3, -0.25) is 28.7 Å². The molecule has 0 radical (unpaired) electrons. The van der Waals surface area contributed by atoms with Gasteiger partial charge in [-0.1, -0.05) is 141 Å². The lowest BCUT2D eigenvalue weighted by atomic mass is 9.80. The van der Waals surface area contributed by atoms with Crippen LogP contribution in [0.5, 0.6) is 11.5 Å². The highest BCUT2D eigenvalue weighted by Gasteiger charge is 2.55. The van der Waals surface area contributed by atoms with Crippen molar-refractivity contribution < 1.29 is 32.8 Å². The molecule has 0 bridgehead atoms. The molecule has 2 fully saturated rings. The van der Waals surface area contributed by atoms with Crippen LogP contribution in [0.3, 0.4) is 0 Å². The summed E-state index contributed by atoms with van der Waals surface area (Å²) in [5.74, 6) is 1.34. The third-order valence-electron chi connectivity index (χ3n) is 14.8. The van der Waals surface area contributed by atoms with E-state index in [-0.39, 0.29) is 26.2 Å². The molecule has 18 nitrogen and oxygen atoms in total. The normalized spacial score (nSPS) is 19.7. The molecule has 2 aliphatic heterocycles. The zero-order valence-corrected chi connectivity index (χ0v) is 45.5. The van der Waals surface area contributed by atoms with Gasteiger partial charge >= 0.3 is 11.4 Å². The van der Waals surface area contributed by atoms with E-state index in [2.05, 4.69) is 65.3 Å². The first-order valence-electron chi connectivity index (χ1n) is 25.9. The Morgan fingerprint density at radius 1 is 0.615 bits per heavy atom. The van der Waals surface area contributed by atoms with Crippen molar-refractivity contribution in [2.75, 3.05) is 20.8 Å². The summed E-state index contributed by atoms with van der Waals surface area (Å²) < 4.78 is 50.8. The molecule has 404 valence electrons. The number of rotatable bonds is 18. The quantitative estimate of drug-likeness (QED) is 0.0692. The molecule has 10 rings (SSSR count). The lowest BCUT2D eigenvalue weighted by Gasteiger charge is -2.45.